The molecule has 2 rings (SSSR count). The molecule has 0 unspecified atom stereocenters. The molecule has 0 spiro atoms. The van der Waals surface area contributed by atoms with Crippen molar-refractivity contribution >= 4 is 10.0 Å². The van der Waals surface area contributed by atoms with Crippen LogP contribution in [0.1, 0.15) is 16.7 Å². The zero-order valence-corrected chi connectivity index (χ0v) is 12.3. The molecular weight excluding hydrogens is 284 g/mol. The molecule has 0 saturated carbocycles. The summed E-state index contributed by atoms with van der Waals surface area (Å²) in [6.07, 6.45) is 0. The average molecular weight is 300 g/mol. The molecular formula is C11H16N4O4S. The van der Waals surface area contributed by atoms with E-state index in [1.54, 1.807) is 26.0 Å². The number of benzene rings is 1. The molecule has 1 aromatic rings. The highest BCUT2D eigenvalue weighted by Crippen LogP contribution is 2.26. The standard InChI is InChI=1S/C11H16N4O4S/c1-8-6-9(2)11(10(3)7-8)20(18,19)14-12-4-5-13(14)15(16)17/h6-7,12H,4-5H2,1-3H3. The fourth-order valence-electron chi connectivity index (χ4n) is 2.44. The highest BCUT2D eigenvalue weighted by molar-refractivity contribution is 7.89. The van der Waals surface area contributed by atoms with E-state index in [-0.39, 0.29) is 18.0 Å². The lowest BCUT2D eigenvalue weighted by atomic mass is 10.1. The summed E-state index contributed by atoms with van der Waals surface area (Å²) in [6, 6.07) is 3.49. The normalized spacial score (nSPS) is 16.6. The monoisotopic (exact) mass is 300 g/mol. The van der Waals surface area contributed by atoms with Gasteiger partial charge in [0.05, 0.1) is 4.90 Å². The Bertz CT molecular complexity index is 635. The number of nitrogens with zero attached hydrogens (tertiary/aromatic N) is 3. The average Bonchev–Trinajstić information content (AvgIpc) is 2.75. The maximum Gasteiger partial charge on any atom is 0.278 e. The first-order valence-corrected chi connectivity index (χ1v) is 7.47. The predicted molar refractivity (Wildman–Crippen MR) is 71.4 cm³/mol. The minimum absolute atomic E-state index is 0.00378. The first kappa shape index (κ1) is 14.7. The van der Waals surface area contributed by atoms with Crippen LogP contribution in [-0.4, -0.2) is 36.2 Å². The van der Waals surface area contributed by atoms with E-state index in [1.165, 1.54) is 0 Å². The highest BCUT2D eigenvalue weighted by Gasteiger charge is 2.41. The topological polar surface area (TPSA) is 95.8 Å². The molecule has 0 aliphatic carbocycles. The maximum atomic E-state index is 12.6. The largest absolute Gasteiger partial charge is 0.278 e. The summed E-state index contributed by atoms with van der Waals surface area (Å²) in [5.74, 6) is 0. The van der Waals surface area contributed by atoms with Crippen LogP contribution in [0.4, 0.5) is 0 Å². The highest BCUT2D eigenvalue weighted by atomic mass is 32.2. The van der Waals surface area contributed by atoms with E-state index < -0.39 is 15.1 Å². The SMILES string of the molecule is Cc1cc(C)c(S(=O)(=O)N2NCCN2[N+](=O)[O-])c(C)c1. The van der Waals surface area contributed by atoms with Gasteiger partial charge in [-0.05, 0) is 37.0 Å². The molecule has 8 nitrogen and oxygen atoms in total. The van der Waals surface area contributed by atoms with Crippen molar-refractivity contribution < 1.29 is 13.5 Å². The van der Waals surface area contributed by atoms with Gasteiger partial charge in [0.25, 0.3) is 10.0 Å². The smallest absolute Gasteiger partial charge is 0.233 e. The van der Waals surface area contributed by atoms with E-state index in [9.17, 15) is 18.5 Å². The number of hydrogen-bond acceptors (Lipinski definition) is 5. The molecule has 1 aliphatic heterocycles. The fraction of sp³-hybridized carbons (Fsp3) is 0.455. The van der Waals surface area contributed by atoms with E-state index in [1.807, 2.05) is 6.92 Å². The van der Waals surface area contributed by atoms with Crippen LogP contribution >= 0.6 is 0 Å². The molecule has 0 radical (unpaired) electrons. The Hall–Kier alpha value is -1.71. The van der Waals surface area contributed by atoms with E-state index in [2.05, 4.69) is 5.43 Å². The molecule has 110 valence electrons. The Kier molecular flexibility index (Phi) is 3.67. The van der Waals surface area contributed by atoms with Gasteiger partial charge in [0, 0.05) is 11.1 Å². The van der Waals surface area contributed by atoms with Crippen LogP contribution in [-0.2, 0) is 10.0 Å². The summed E-state index contributed by atoms with van der Waals surface area (Å²) in [5, 5.41) is 10.7. The van der Waals surface area contributed by atoms with Crippen molar-refractivity contribution in [2.75, 3.05) is 13.1 Å². The predicted octanol–water partition coefficient (Wildman–Crippen LogP) is 0.529. The first-order chi connectivity index (χ1) is 9.25. The number of aryl methyl sites for hydroxylation is 3. The molecule has 1 heterocycles. The van der Waals surface area contributed by atoms with Crippen LogP contribution in [0.3, 0.4) is 0 Å². The van der Waals surface area contributed by atoms with Gasteiger partial charge in [-0.1, -0.05) is 17.7 Å². The molecule has 20 heavy (non-hydrogen) atoms. The number of nitrogens with one attached hydrogen (secondary N) is 1. The van der Waals surface area contributed by atoms with Gasteiger partial charge in [0.1, 0.15) is 6.54 Å². The molecule has 1 aromatic carbocycles. The fourth-order valence-corrected chi connectivity index (χ4v) is 4.19. The van der Waals surface area contributed by atoms with Crippen LogP contribution in [0, 0.1) is 30.9 Å². The van der Waals surface area contributed by atoms with Crippen molar-refractivity contribution in [1.29, 1.82) is 0 Å². The van der Waals surface area contributed by atoms with Gasteiger partial charge in [0.2, 0.25) is 0 Å². The third-order valence-electron chi connectivity index (χ3n) is 3.05. The second kappa shape index (κ2) is 5.00. The third kappa shape index (κ3) is 2.35. The second-order valence-electron chi connectivity index (χ2n) is 4.72. The molecule has 0 aromatic heterocycles. The number of hydrazine groups is 3. The molecule has 1 fully saturated rings. The van der Waals surface area contributed by atoms with E-state index in [4.69, 9.17) is 0 Å². The van der Waals surface area contributed by atoms with Crippen molar-refractivity contribution in [1.82, 2.24) is 15.1 Å². The molecule has 1 aliphatic rings. The zero-order chi connectivity index (χ0) is 15.1. The van der Waals surface area contributed by atoms with Gasteiger partial charge < -0.3 is 0 Å². The van der Waals surface area contributed by atoms with Gasteiger partial charge in [-0.15, -0.1) is 0 Å². The van der Waals surface area contributed by atoms with Gasteiger partial charge in [-0.25, -0.2) is 24.0 Å². The minimum Gasteiger partial charge on any atom is -0.233 e. The number of rotatable bonds is 3. The Labute approximate surface area is 117 Å². The van der Waals surface area contributed by atoms with E-state index in [0.717, 1.165) is 5.56 Å². The maximum absolute atomic E-state index is 12.6. The number of sulfonamides is 1. The zero-order valence-electron chi connectivity index (χ0n) is 11.5. The quantitative estimate of drug-likeness (QED) is 0.646. The molecule has 0 atom stereocenters. The molecule has 0 amide bonds. The van der Waals surface area contributed by atoms with Crippen LogP contribution in [0.2, 0.25) is 0 Å². The molecule has 0 bridgehead atoms. The van der Waals surface area contributed by atoms with Crippen molar-refractivity contribution in [3.05, 3.63) is 38.9 Å². The lowest BCUT2D eigenvalue weighted by Gasteiger charge is -2.21. The van der Waals surface area contributed by atoms with Gasteiger partial charge in [-0.3, -0.25) is 0 Å². The number of nitro groups is 1. The Morgan fingerprint density at radius 3 is 2.30 bits per heavy atom. The molecule has 1 saturated heterocycles. The third-order valence-corrected chi connectivity index (χ3v) is 4.98. The molecule has 9 heteroatoms. The van der Waals surface area contributed by atoms with Gasteiger partial charge in [0.15, 0.2) is 5.03 Å². The van der Waals surface area contributed by atoms with Crippen LogP contribution in [0.15, 0.2) is 17.0 Å². The van der Waals surface area contributed by atoms with Crippen LogP contribution in [0.25, 0.3) is 0 Å². The summed E-state index contributed by atoms with van der Waals surface area (Å²) in [6.45, 7) is 5.42. The van der Waals surface area contributed by atoms with E-state index in [0.29, 0.717) is 20.8 Å². The van der Waals surface area contributed by atoms with Crippen molar-refractivity contribution in [3.63, 3.8) is 0 Å². The summed E-state index contributed by atoms with van der Waals surface area (Å²) >= 11 is 0. The lowest BCUT2D eigenvalue weighted by Crippen LogP contribution is -2.49. The van der Waals surface area contributed by atoms with Crippen LogP contribution in [0.5, 0.6) is 0 Å². The Morgan fingerprint density at radius 1 is 1.25 bits per heavy atom. The summed E-state index contributed by atoms with van der Waals surface area (Å²) in [4.78, 5) is 11.0. The summed E-state index contributed by atoms with van der Waals surface area (Å²) < 4.78 is 25.8. The van der Waals surface area contributed by atoms with Gasteiger partial charge in [-0.2, -0.15) is 0 Å². The Morgan fingerprint density at radius 2 is 1.80 bits per heavy atom. The van der Waals surface area contributed by atoms with Crippen LogP contribution < -0.4 is 5.43 Å². The van der Waals surface area contributed by atoms with Crippen molar-refractivity contribution in [2.45, 2.75) is 25.7 Å². The minimum atomic E-state index is -4.00. The van der Waals surface area contributed by atoms with Crippen molar-refractivity contribution in [3.8, 4) is 0 Å². The van der Waals surface area contributed by atoms with Gasteiger partial charge >= 0.3 is 0 Å². The lowest BCUT2D eigenvalue weighted by molar-refractivity contribution is -0.685. The molecule has 1 N–H and O–H groups in total. The first-order valence-electron chi connectivity index (χ1n) is 6.03. The number of hydrogen-bond donors (Lipinski definition) is 1. The van der Waals surface area contributed by atoms with Crippen molar-refractivity contribution in [2.24, 2.45) is 0 Å². The summed E-state index contributed by atoms with van der Waals surface area (Å²) in [7, 11) is -4.00. The Balaban J connectivity index is 2.54. The second-order valence-corrected chi connectivity index (χ2v) is 6.42. The van der Waals surface area contributed by atoms with E-state index >= 15 is 0 Å². The summed E-state index contributed by atoms with van der Waals surface area (Å²) in [5.41, 5.74) is 4.61.